The van der Waals surface area contributed by atoms with Gasteiger partial charge in [0.1, 0.15) is 18.1 Å². The van der Waals surface area contributed by atoms with E-state index in [0.29, 0.717) is 23.2 Å². The van der Waals surface area contributed by atoms with E-state index in [1.807, 2.05) is 13.8 Å². The molecule has 0 spiro atoms. The summed E-state index contributed by atoms with van der Waals surface area (Å²) in [6.45, 7) is 4.51. The summed E-state index contributed by atoms with van der Waals surface area (Å²) in [7, 11) is 0. The maximum Gasteiger partial charge on any atom is 0.229 e. The Bertz CT molecular complexity index is 522. The first kappa shape index (κ1) is 14.3. The zero-order valence-corrected chi connectivity index (χ0v) is 11.6. The van der Waals surface area contributed by atoms with Crippen LogP contribution >= 0.6 is 0 Å². The monoisotopic (exact) mass is 278 g/mol. The fraction of sp³-hybridized carbons (Fsp3) is 0.429. The molecular weight excluding hydrogens is 260 g/mol. The van der Waals surface area contributed by atoms with Gasteiger partial charge in [-0.25, -0.2) is 0 Å². The fourth-order valence-electron chi connectivity index (χ4n) is 1.50. The molecule has 2 rings (SSSR count). The van der Waals surface area contributed by atoms with Gasteiger partial charge in [-0.15, -0.1) is 0 Å². The fourth-order valence-corrected chi connectivity index (χ4v) is 1.50. The molecule has 20 heavy (non-hydrogen) atoms. The third-order valence-electron chi connectivity index (χ3n) is 2.53. The van der Waals surface area contributed by atoms with Gasteiger partial charge in [-0.05, 0) is 24.3 Å². The van der Waals surface area contributed by atoms with Gasteiger partial charge in [-0.2, -0.15) is 4.98 Å². The van der Waals surface area contributed by atoms with Gasteiger partial charge >= 0.3 is 0 Å². The number of aromatic nitrogens is 2. The Hall–Kier alpha value is -2.08. The molecule has 0 aliphatic rings. The molecule has 1 aromatic carbocycles. The summed E-state index contributed by atoms with van der Waals surface area (Å²) in [6, 6.07) is 7.13. The zero-order chi connectivity index (χ0) is 14.4. The minimum atomic E-state index is -0.00569. The van der Waals surface area contributed by atoms with Crippen LogP contribution in [-0.2, 0) is 6.61 Å². The number of nitrogens with zero attached hydrogens (tertiary/aromatic N) is 2. The quantitative estimate of drug-likeness (QED) is 0.836. The van der Waals surface area contributed by atoms with Gasteiger partial charge in [0, 0.05) is 5.92 Å². The van der Waals surface area contributed by atoms with E-state index >= 15 is 0 Å². The summed E-state index contributed by atoms with van der Waals surface area (Å²) >= 11 is 0. The molecule has 0 amide bonds. The summed E-state index contributed by atoms with van der Waals surface area (Å²) in [5, 5.41) is 12.5. The predicted molar refractivity (Wildman–Crippen MR) is 71.7 cm³/mol. The number of hydrogen-bond acceptors (Lipinski definition) is 6. The number of hydrogen-bond donors (Lipinski definition) is 1. The molecule has 1 N–H and O–H groups in total. The average Bonchev–Trinajstić information content (AvgIpc) is 2.93. The molecule has 1 heterocycles. The predicted octanol–water partition coefficient (Wildman–Crippen LogP) is 2.14. The van der Waals surface area contributed by atoms with Crippen LogP contribution in [0.5, 0.6) is 11.5 Å². The van der Waals surface area contributed by atoms with E-state index < -0.39 is 0 Å². The third kappa shape index (κ3) is 3.96. The Morgan fingerprint density at radius 1 is 1.15 bits per heavy atom. The first-order valence-corrected chi connectivity index (χ1v) is 6.48. The lowest BCUT2D eigenvalue weighted by molar-refractivity contribution is 0.201. The lowest BCUT2D eigenvalue weighted by Gasteiger charge is -2.06. The molecule has 6 nitrogen and oxygen atoms in total. The summed E-state index contributed by atoms with van der Waals surface area (Å²) in [5.74, 6) is 2.72. The van der Waals surface area contributed by atoms with Crippen molar-refractivity contribution >= 4 is 0 Å². The Morgan fingerprint density at radius 2 is 1.80 bits per heavy atom. The Labute approximate surface area is 117 Å². The molecule has 6 heteroatoms. The Morgan fingerprint density at radius 3 is 2.35 bits per heavy atom. The molecule has 1 aromatic heterocycles. The van der Waals surface area contributed by atoms with Gasteiger partial charge < -0.3 is 19.1 Å². The number of rotatable bonds is 7. The van der Waals surface area contributed by atoms with Crippen molar-refractivity contribution in [2.75, 3.05) is 13.2 Å². The summed E-state index contributed by atoms with van der Waals surface area (Å²) < 4.78 is 15.9. The van der Waals surface area contributed by atoms with E-state index in [0.717, 1.165) is 0 Å². The number of aliphatic hydroxyl groups is 1. The van der Waals surface area contributed by atoms with E-state index in [9.17, 15) is 0 Å². The topological polar surface area (TPSA) is 77.6 Å². The van der Waals surface area contributed by atoms with Crippen molar-refractivity contribution in [3.8, 4) is 11.5 Å². The minimum absolute atomic E-state index is 0.00569. The third-order valence-corrected chi connectivity index (χ3v) is 2.53. The molecule has 0 unspecified atom stereocenters. The molecule has 0 bridgehead atoms. The Kier molecular flexibility index (Phi) is 4.95. The minimum Gasteiger partial charge on any atom is -0.491 e. The highest BCUT2D eigenvalue weighted by atomic mass is 16.5. The lowest BCUT2D eigenvalue weighted by atomic mass is 10.2. The van der Waals surface area contributed by atoms with Gasteiger partial charge in [0.25, 0.3) is 0 Å². The smallest absolute Gasteiger partial charge is 0.229 e. The van der Waals surface area contributed by atoms with Gasteiger partial charge in [-0.1, -0.05) is 19.0 Å². The number of benzene rings is 1. The maximum absolute atomic E-state index is 8.66. The molecule has 0 atom stereocenters. The Balaban J connectivity index is 1.86. The van der Waals surface area contributed by atoms with Crippen molar-refractivity contribution in [2.45, 2.75) is 26.4 Å². The number of aliphatic hydroxyl groups excluding tert-OH is 1. The van der Waals surface area contributed by atoms with E-state index in [1.54, 1.807) is 24.3 Å². The van der Waals surface area contributed by atoms with Crippen molar-refractivity contribution in [1.29, 1.82) is 0 Å². The van der Waals surface area contributed by atoms with Crippen molar-refractivity contribution in [3.05, 3.63) is 36.0 Å². The van der Waals surface area contributed by atoms with Crippen molar-refractivity contribution in [1.82, 2.24) is 10.1 Å². The van der Waals surface area contributed by atoms with E-state index in [4.69, 9.17) is 19.1 Å². The van der Waals surface area contributed by atoms with Crippen LogP contribution < -0.4 is 9.47 Å². The van der Waals surface area contributed by atoms with Gasteiger partial charge in [-0.3, -0.25) is 0 Å². The van der Waals surface area contributed by atoms with Crippen LogP contribution in [-0.4, -0.2) is 28.5 Å². The van der Waals surface area contributed by atoms with Crippen LogP contribution in [0.25, 0.3) is 0 Å². The summed E-state index contributed by atoms with van der Waals surface area (Å²) in [5.41, 5.74) is 0. The van der Waals surface area contributed by atoms with Crippen molar-refractivity contribution in [2.24, 2.45) is 0 Å². The average molecular weight is 278 g/mol. The van der Waals surface area contributed by atoms with Gasteiger partial charge in [0.2, 0.25) is 11.7 Å². The molecule has 0 saturated heterocycles. The summed E-state index contributed by atoms with van der Waals surface area (Å²) in [4.78, 5) is 4.23. The van der Waals surface area contributed by atoms with Crippen LogP contribution in [0.4, 0.5) is 0 Å². The summed E-state index contributed by atoms with van der Waals surface area (Å²) in [6.07, 6.45) is 0. The van der Waals surface area contributed by atoms with E-state index in [1.165, 1.54) is 0 Å². The highest BCUT2D eigenvalue weighted by Crippen LogP contribution is 2.18. The second-order valence-electron chi connectivity index (χ2n) is 4.54. The van der Waals surface area contributed by atoms with Crippen LogP contribution in [0.1, 0.15) is 31.5 Å². The molecule has 0 aliphatic heterocycles. The largest absolute Gasteiger partial charge is 0.491 e. The van der Waals surface area contributed by atoms with Crippen LogP contribution in [0.3, 0.4) is 0 Å². The highest BCUT2D eigenvalue weighted by molar-refractivity contribution is 5.31. The van der Waals surface area contributed by atoms with Crippen molar-refractivity contribution < 1.29 is 19.1 Å². The van der Waals surface area contributed by atoms with E-state index in [-0.39, 0.29) is 25.7 Å². The zero-order valence-electron chi connectivity index (χ0n) is 11.6. The van der Waals surface area contributed by atoms with Crippen molar-refractivity contribution in [3.63, 3.8) is 0 Å². The van der Waals surface area contributed by atoms with Gasteiger partial charge in [0.05, 0.1) is 6.61 Å². The first-order chi connectivity index (χ1) is 9.69. The highest BCUT2D eigenvalue weighted by Gasteiger charge is 2.10. The van der Waals surface area contributed by atoms with Gasteiger partial charge in [0.15, 0.2) is 6.61 Å². The number of ether oxygens (including phenoxy) is 2. The molecule has 0 radical (unpaired) electrons. The maximum atomic E-state index is 8.66. The molecule has 0 aliphatic carbocycles. The normalized spacial score (nSPS) is 10.8. The molecule has 2 aromatic rings. The first-order valence-electron chi connectivity index (χ1n) is 6.48. The van der Waals surface area contributed by atoms with Crippen LogP contribution in [0.15, 0.2) is 28.8 Å². The van der Waals surface area contributed by atoms with Crippen LogP contribution in [0, 0.1) is 0 Å². The molecule has 0 fully saturated rings. The molecule has 0 saturated carbocycles. The second kappa shape index (κ2) is 6.91. The SMILES string of the molecule is CC(C)c1nc(COc2ccc(OCCO)cc2)no1. The second-order valence-corrected chi connectivity index (χ2v) is 4.54. The van der Waals surface area contributed by atoms with Crippen LogP contribution in [0.2, 0.25) is 0 Å². The standard InChI is InChI=1S/C14H18N2O4/c1-10(2)14-15-13(16-20-14)9-19-12-5-3-11(4-6-12)18-8-7-17/h3-6,10,17H,7-9H2,1-2H3. The lowest BCUT2D eigenvalue weighted by Crippen LogP contribution is -2.01. The molecule has 108 valence electrons. The molecular formula is C14H18N2O4. The van der Waals surface area contributed by atoms with E-state index in [2.05, 4.69) is 10.1 Å².